The van der Waals surface area contributed by atoms with Gasteiger partial charge < -0.3 is 5.32 Å². The number of benzene rings is 1. The molecule has 1 heterocycles. The summed E-state index contributed by atoms with van der Waals surface area (Å²) in [7, 11) is 0. The van der Waals surface area contributed by atoms with E-state index < -0.39 is 11.6 Å². The molecule has 1 aromatic heterocycles. The zero-order chi connectivity index (χ0) is 13.1. The molecule has 96 valence electrons. The highest BCUT2D eigenvalue weighted by Crippen LogP contribution is 2.25. The first kappa shape index (κ1) is 13.1. The average molecular weight is 268 g/mol. The van der Waals surface area contributed by atoms with Gasteiger partial charge >= 0.3 is 0 Å². The number of hydrogen-bond acceptors (Lipinski definition) is 3. The molecule has 0 saturated heterocycles. The van der Waals surface area contributed by atoms with Crippen LogP contribution >= 0.6 is 11.3 Å². The standard InChI is InChI=1S/C13H14F2N2S/c1-8(2)16-6-13-17-12(7-18-13)10-5-9(14)3-4-11(10)15/h3-5,7-8,16H,6H2,1-2H3. The normalized spacial score (nSPS) is 11.2. The van der Waals surface area contributed by atoms with Gasteiger partial charge in [0.2, 0.25) is 0 Å². The van der Waals surface area contributed by atoms with E-state index in [0.29, 0.717) is 18.3 Å². The molecule has 0 saturated carbocycles. The molecule has 1 aromatic carbocycles. The minimum atomic E-state index is -0.457. The molecule has 2 aromatic rings. The lowest BCUT2D eigenvalue weighted by atomic mass is 10.1. The molecule has 0 unspecified atom stereocenters. The third-order valence-corrected chi connectivity index (χ3v) is 3.27. The third kappa shape index (κ3) is 3.11. The Morgan fingerprint density at radius 1 is 1.33 bits per heavy atom. The van der Waals surface area contributed by atoms with Crippen molar-refractivity contribution in [3.63, 3.8) is 0 Å². The molecule has 0 radical (unpaired) electrons. The van der Waals surface area contributed by atoms with Crippen LogP contribution in [0.2, 0.25) is 0 Å². The SMILES string of the molecule is CC(C)NCc1nc(-c2cc(F)ccc2F)cs1. The summed E-state index contributed by atoms with van der Waals surface area (Å²) in [4.78, 5) is 4.30. The van der Waals surface area contributed by atoms with Crippen LogP contribution in [0.15, 0.2) is 23.6 Å². The van der Waals surface area contributed by atoms with E-state index in [1.165, 1.54) is 17.4 Å². The monoisotopic (exact) mass is 268 g/mol. The van der Waals surface area contributed by atoms with Crippen LogP contribution in [0, 0.1) is 11.6 Å². The number of aromatic nitrogens is 1. The van der Waals surface area contributed by atoms with Gasteiger partial charge in [0.05, 0.1) is 5.69 Å². The van der Waals surface area contributed by atoms with E-state index in [0.717, 1.165) is 17.1 Å². The molecule has 0 fully saturated rings. The first-order chi connectivity index (χ1) is 8.56. The molecule has 0 aliphatic rings. The molecule has 0 atom stereocenters. The Hall–Kier alpha value is -1.33. The van der Waals surface area contributed by atoms with E-state index in [9.17, 15) is 8.78 Å². The van der Waals surface area contributed by atoms with Gasteiger partial charge in [-0.1, -0.05) is 13.8 Å². The smallest absolute Gasteiger partial charge is 0.132 e. The summed E-state index contributed by atoms with van der Waals surface area (Å²) in [5, 5.41) is 5.84. The number of thiazole rings is 1. The van der Waals surface area contributed by atoms with Gasteiger partial charge in [0, 0.05) is 23.5 Å². The average Bonchev–Trinajstić information content (AvgIpc) is 2.78. The lowest BCUT2D eigenvalue weighted by Crippen LogP contribution is -2.21. The largest absolute Gasteiger partial charge is 0.308 e. The Labute approximate surface area is 109 Å². The summed E-state index contributed by atoms with van der Waals surface area (Å²) in [5.41, 5.74) is 0.694. The van der Waals surface area contributed by atoms with Gasteiger partial charge in [-0.2, -0.15) is 0 Å². The lowest BCUT2D eigenvalue weighted by Gasteiger charge is -2.04. The Morgan fingerprint density at radius 2 is 2.11 bits per heavy atom. The van der Waals surface area contributed by atoms with Crippen molar-refractivity contribution in [1.82, 2.24) is 10.3 Å². The first-order valence-corrected chi connectivity index (χ1v) is 6.57. The summed E-state index contributed by atoms with van der Waals surface area (Å²) in [6.07, 6.45) is 0. The zero-order valence-corrected chi connectivity index (χ0v) is 11.0. The minimum absolute atomic E-state index is 0.210. The highest BCUT2D eigenvalue weighted by Gasteiger charge is 2.10. The number of rotatable bonds is 4. The fraction of sp³-hybridized carbons (Fsp3) is 0.308. The molecule has 0 bridgehead atoms. The van der Waals surface area contributed by atoms with E-state index in [4.69, 9.17) is 0 Å². The van der Waals surface area contributed by atoms with Crippen LogP contribution in [0.3, 0.4) is 0 Å². The molecule has 1 N–H and O–H groups in total. The summed E-state index contributed by atoms with van der Waals surface area (Å²) in [5.74, 6) is -0.911. The Morgan fingerprint density at radius 3 is 2.83 bits per heavy atom. The van der Waals surface area contributed by atoms with E-state index in [1.807, 2.05) is 13.8 Å². The number of halogens is 2. The van der Waals surface area contributed by atoms with Gasteiger partial charge in [0.25, 0.3) is 0 Å². The van der Waals surface area contributed by atoms with Gasteiger partial charge in [-0.3, -0.25) is 0 Å². The number of nitrogens with one attached hydrogen (secondary N) is 1. The van der Waals surface area contributed by atoms with Crippen molar-refractivity contribution in [2.24, 2.45) is 0 Å². The Bertz CT molecular complexity index is 538. The summed E-state index contributed by atoms with van der Waals surface area (Å²) >= 11 is 1.44. The molecule has 2 rings (SSSR count). The van der Waals surface area contributed by atoms with Gasteiger partial charge in [-0.15, -0.1) is 11.3 Å². The van der Waals surface area contributed by atoms with Crippen LogP contribution in [0.1, 0.15) is 18.9 Å². The topological polar surface area (TPSA) is 24.9 Å². The summed E-state index contributed by atoms with van der Waals surface area (Å²) < 4.78 is 26.7. The van der Waals surface area contributed by atoms with E-state index in [2.05, 4.69) is 10.3 Å². The van der Waals surface area contributed by atoms with Crippen molar-refractivity contribution in [2.75, 3.05) is 0 Å². The number of nitrogens with zero attached hydrogens (tertiary/aromatic N) is 1. The van der Waals surface area contributed by atoms with E-state index in [1.54, 1.807) is 5.38 Å². The van der Waals surface area contributed by atoms with Gasteiger partial charge in [0.1, 0.15) is 16.6 Å². The second-order valence-corrected chi connectivity index (χ2v) is 5.23. The van der Waals surface area contributed by atoms with Crippen LogP contribution < -0.4 is 5.32 Å². The van der Waals surface area contributed by atoms with Crippen LogP contribution in [-0.2, 0) is 6.54 Å². The van der Waals surface area contributed by atoms with Crippen LogP contribution in [0.4, 0.5) is 8.78 Å². The van der Waals surface area contributed by atoms with Gasteiger partial charge in [-0.25, -0.2) is 13.8 Å². The molecule has 18 heavy (non-hydrogen) atoms. The maximum atomic E-state index is 13.6. The second-order valence-electron chi connectivity index (χ2n) is 4.29. The van der Waals surface area contributed by atoms with Crippen LogP contribution in [0.5, 0.6) is 0 Å². The number of hydrogen-bond donors (Lipinski definition) is 1. The molecule has 2 nitrogen and oxygen atoms in total. The maximum Gasteiger partial charge on any atom is 0.132 e. The highest BCUT2D eigenvalue weighted by atomic mass is 32.1. The molecule has 5 heteroatoms. The van der Waals surface area contributed by atoms with Crippen LogP contribution in [0.25, 0.3) is 11.3 Å². The lowest BCUT2D eigenvalue weighted by molar-refractivity contribution is 0.587. The fourth-order valence-electron chi connectivity index (χ4n) is 1.50. The second kappa shape index (κ2) is 5.54. The van der Waals surface area contributed by atoms with Crippen molar-refractivity contribution in [3.05, 3.63) is 40.2 Å². The molecular weight excluding hydrogens is 254 g/mol. The summed E-state index contributed by atoms with van der Waals surface area (Å²) in [6.45, 7) is 4.72. The maximum absolute atomic E-state index is 13.6. The predicted molar refractivity (Wildman–Crippen MR) is 69.4 cm³/mol. The highest BCUT2D eigenvalue weighted by molar-refractivity contribution is 7.09. The van der Waals surface area contributed by atoms with Crippen LogP contribution in [-0.4, -0.2) is 11.0 Å². The summed E-state index contributed by atoms with van der Waals surface area (Å²) in [6, 6.07) is 3.76. The van der Waals surface area contributed by atoms with Crippen molar-refractivity contribution in [1.29, 1.82) is 0 Å². The van der Waals surface area contributed by atoms with Gasteiger partial charge in [0.15, 0.2) is 0 Å². The van der Waals surface area contributed by atoms with E-state index >= 15 is 0 Å². The molecular formula is C13H14F2N2S. The minimum Gasteiger partial charge on any atom is -0.308 e. The zero-order valence-electron chi connectivity index (χ0n) is 10.2. The van der Waals surface area contributed by atoms with Crippen molar-refractivity contribution < 1.29 is 8.78 Å². The first-order valence-electron chi connectivity index (χ1n) is 5.69. The Balaban J connectivity index is 2.21. The van der Waals surface area contributed by atoms with E-state index in [-0.39, 0.29) is 5.56 Å². The Kier molecular flexibility index (Phi) is 4.04. The molecule has 0 aliphatic carbocycles. The van der Waals surface area contributed by atoms with Gasteiger partial charge in [-0.05, 0) is 18.2 Å². The van der Waals surface area contributed by atoms with Crippen molar-refractivity contribution in [3.8, 4) is 11.3 Å². The van der Waals surface area contributed by atoms with Crippen molar-refractivity contribution >= 4 is 11.3 Å². The quantitative estimate of drug-likeness (QED) is 0.916. The van der Waals surface area contributed by atoms with Crippen molar-refractivity contribution in [2.45, 2.75) is 26.4 Å². The molecule has 0 amide bonds. The fourth-order valence-corrected chi connectivity index (χ4v) is 2.25. The molecule has 0 aliphatic heterocycles. The predicted octanol–water partition coefficient (Wildman–Crippen LogP) is 3.59. The molecule has 0 spiro atoms. The third-order valence-electron chi connectivity index (χ3n) is 2.42.